The molecule has 1 fully saturated rings. The SMILES string of the molecule is CC(C)NCc1cc(F)ccc1N1CCOCC1C. The maximum absolute atomic E-state index is 13.5. The summed E-state index contributed by atoms with van der Waals surface area (Å²) in [4.78, 5) is 2.31. The Morgan fingerprint density at radius 3 is 2.95 bits per heavy atom. The molecule has 1 aromatic carbocycles. The van der Waals surface area contributed by atoms with Crippen LogP contribution in [0.25, 0.3) is 0 Å². The number of nitrogens with zero attached hydrogens (tertiary/aromatic N) is 1. The van der Waals surface area contributed by atoms with Crippen molar-refractivity contribution in [2.24, 2.45) is 0 Å². The minimum Gasteiger partial charge on any atom is -0.377 e. The minimum absolute atomic E-state index is 0.176. The highest BCUT2D eigenvalue weighted by Gasteiger charge is 2.21. The van der Waals surface area contributed by atoms with Crippen LogP contribution >= 0.6 is 0 Å². The van der Waals surface area contributed by atoms with Gasteiger partial charge in [-0.25, -0.2) is 4.39 Å². The second-order valence-corrected chi connectivity index (χ2v) is 5.43. The van der Waals surface area contributed by atoms with Crippen LogP contribution in [0, 0.1) is 5.82 Å². The fourth-order valence-corrected chi connectivity index (χ4v) is 2.37. The number of nitrogens with one attached hydrogen (secondary N) is 1. The molecule has 0 amide bonds. The molecule has 3 nitrogen and oxygen atoms in total. The van der Waals surface area contributed by atoms with Crippen molar-refractivity contribution in [1.29, 1.82) is 0 Å². The van der Waals surface area contributed by atoms with Crippen LogP contribution in [-0.2, 0) is 11.3 Å². The van der Waals surface area contributed by atoms with Crippen molar-refractivity contribution in [2.75, 3.05) is 24.7 Å². The van der Waals surface area contributed by atoms with Gasteiger partial charge in [-0.1, -0.05) is 13.8 Å². The van der Waals surface area contributed by atoms with Crippen LogP contribution in [0.15, 0.2) is 18.2 Å². The summed E-state index contributed by atoms with van der Waals surface area (Å²) in [6, 6.07) is 5.77. The van der Waals surface area contributed by atoms with Crippen molar-refractivity contribution >= 4 is 5.69 Å². The fraction of sp³-hybridized carbons (Fsp3) is 0.600. The highest BCUT2D eigenvalue weighted by atomic mass is 19.1. The van der Waals surface area contributed by atoms with E-state index in [4.69, 9.17) is 4.74 Å². The molecule has 0 spiro atoms. The highest BCUT2D eigenvalue weighted by molar-refractivity contribution is 5.55. The molecule has 0 radical (unpaired) electrons. The normalized spacial score (nSPS) is 20.1. The van der Waals surface area contributed by atoms with E-state index in [1.807, 2.05) is 6.07 Å². The Balaban J connectivity index is 2.22. The molecule has 1 heterocycles. The number of rotatable bonds is 4. The predicted molar refractivity (Wildman–Crippen MR) is 76.0 cm³/mol. The maximum Gasteiger partial charge on any atom is 0.123 e. The largest absolute Gasteiger partial charge is 0.377 e. The first kappa shape index (κ1) is 14.3. The Morgan fingerprint density at radius 2 is 2.26 bits per heavy atom. The van der Waals surface area contributed by atoms with Crippen molar-refractivity contribution in [3.8, 4) is 0 Å². The van der Waals surface area contributed by atoms with Gasteiger partial charge in [-0.2, -0.15) is 0 Å². The Morgan fingerprint density at radius 1 is 1.47 bits per heavy atom. The molecule has 1 aliphatic rings. The zero-order chi connectivity index (χ0) is 13.8. The number of benzene rings is 1. The lowest BCUT2D eigenvalue weighted by Crippen LogP contribution is -2.44. The molecule has 0 aliphatic carbocycles. The summed E-state index contributed by atoms with van der Waals surface area (Å²) in [5.41, 5.74) is 2.13. The molecule has 4 heteroatoms. The number of halogens is 1. The quantitative estimate of drug-likeness (QED) is 0.906. The van der Waals surface area contributed by atoms with Crippen LogP contribution in [0.4, 0.5) is 10.1 Å². The van der Waals surface area contributed by atoms with Crippen molar-refractivity contribution in [1.82, 2.24) is 5.32 Å². The molecule has 1 unspecified atom stereocenters. The topological polar surface area (TPSA) is 24.5 Å². The minimum atomic E-state index is -0.176. The van der Waals surface area contributed by atoms with E-state index < -0.39 is 0 Å². The molecule has 19 heavy (non-hydrogen) atoms. The first-order valence-corrected chi connectivity index (χ1v) is 6.94. The van der Waals surface area contributed by atoms with E-state index in [1.54, 1.807) is 6.07 Å². The Hall–Kier alpha value is -1.13. The van der Waals surface area contributed by atoms with E-state index >= 15 is 0 Å². The van der Waals surface area contributed by atoms with E-state index in [-0.39, 0.29) is 5.82 Å². The third-order valence-corrected chi connectivity index (χ3v) is 3.42. The number of ether oxygens (including phenoxy) is 1. The van der Waals surface area contributed by atoms with Gasteiger partial charge >= 0.3 is 0 Å². The average molecular weight is 266 g/mol. The number of hydrogen-bond acceptors (Lipinski definition) is 3. The van der Waals surface area contributed by atoms with Gasteiger partial charge in [-0.3, -0.25) is 0 Å². The fourth-order valence-electron chi connectivity index (χ4n) is 2.37. The van der Waals surface area contributed by atoms with Crippen LogP contribution in [0.5, 0.6) is 0 Å². The number of morpholine rings is 1. The summed E-state index contributed by atoms with van der Waals surface area (Å²) in [6.45, 7) is 9.35. The zero-order valence-electron chi connectivity index (χ0n) is 11.9. The van der Waals surface area contributed by atoms with E-state index in [9.17, 15) is 4.39 Å². The van der Waals surface area contributed by atoms with Crippen LogP contribution < -0.4 is 10.2 Å². The Kier molecular flexibility index (Phi) is 4.77. The average Bonchev–Trinajstić information content (AvgIpc) is 2.37. The second-order valence-electron chi connectivity index (χ2n) is 5.43. The van der Waals surface area contributed by atoms with Gasteiger partial charge in [0.05, 0.1) is 13.2 Å². The highest BCUT2D eigenvalue weighted by Crippen LogP contribution is 2.25. The summed E-state index contributed by atoms with van der Waals surface area (Å²) in [7, 11) is 0. The van der Waals surface area contributed by atoms with Crippen LogP contribution in [0.3, 0.4) is 0 Å². The molecule has 0 bridgehead atoms. The van der Waals surface area contributed by atoms with Gasteiger partial charge in [0.1, 0.15) is 5.82 Å². The van der Waals surface area contributed by atoms with Crippen LogP contribution in [0.2, 0.25) is 0 Å². The van der Waals surface area contributed by atoms with E-state index in [0.717, 1.165) is 31.0 Å². The molecule has 1 aliphatic heterocycles. The van der Waals surface area contributed by atoms with Crippen molar-refractivity contribution in [2.45, 2.75) is 39.4 Å². The van der Waals surface area contributed by atoms with Gasteiger partial charge in [0, 0.05) is 30.9 Å². The summed E-state index contributed by atoms with van der Waals surface area (Å²) >= 11 is 0. The predicted octanol–water partition coefficient (Wildman–Crippen LogP) is 2.55. The van der Waals surface area contributed by atoms with Gasteiger partial charge in [-0.05, 0) is 30.7 Å². The Labute approximate surface area is 114 Å². The monoisotopic (exact) mass is 266 g/mol. The molecular formula is C15H23FN2O. The molecule has 1 N–H and O–H groups in total. The second kappa shape index (κ2) is 6.35. The standard InChI is InChI=1S/C15H23FN2O/c1-11(2)17-9-13-8-14(16)4-5-15(13)18-6-7-19-10-12(18)3/h4-5,8,11-12,17H,6-7,9-10H2,1-3H3. The van der Waals surface area contributed by atoms with E-state index in [2.05, 4.69) is 31.0 Å². The number of anilines is 1. The summed E-state index contributed by atoms with van der Waals surface area (Å²) in [5, 5.41) is 3.36. The molecular weight excluding hydrogens is 243 g/mol. The van der Waals surface area contributed by atoms with Crippen molar-refractivity contribution in [3.05, 3.63) is 29.6 Å². The van der Waals surface area contributed by atoms with Gasteiger partial charge in [-0.15, -0.1) is 0 Å². The third kappa shape index (κ3) is 3.67. The first-order valence-electron chi connectivity index (χ1n) is 6.94. The lowest BCUT2D eigenvalue weighted by molar-refractivity contribution is 0.0988. The van der Waals surface area contributed by atoms with E-state index in [1.165, 1.54) is 6.07 Å². The lowest BCUT2D eigenvalue weighted by atomic mass is 10.1. The lowest BCUT2D eigenvalue weighted by Gasteiger charge is -2.36. The maximum atomic E-state index is 13.5. The molecule has 106 valence electrons. The van der Waals surface area contributed by atoms with Crippen molar-refractivity contribution in [3.63, 3.8) is 0 Å². The van der Waals surface area contributed by atoms with Crippen LogP contribution in [0.1, 0.15) is 26.3 Å². The third-order valence-electron chi connectivity index (χ3n) is 3.42. The summed E-state index contributed by atoms with van der Waals surface area (Å²) in [5.74, 6) is -0.176. The summed E-state index contributed by atoms with van der Waals surface area (Å²) in [6.07, 6.45) is 0. The first-order chi connectivity index (χ1) is 9.08. The van der Waals surface area contributed by atoms with Gasteiger partial charge < -0.3 is 15.0 Å². The number of hydrogen-bond donors (Lipinski definition) is 1. The van der Waals surface area contributed by atoms with Gasteiger partial charge in [0.25, 0.3) is 0 Å². The molecule has 2 rings (SSSR count). The van der Waals surface area contributed by atoms with Gasteiger partial charge in [0.15, 0.2) is 0 Å². The molecule has 0 saturated carbocycles. The summed E-state index contributed by atoms with van der Waals surface area (Å²) < 4.78 is 18.9. The molecule has 0 aromatic heterocycles. The Bertz CT molecular complexity index is 423. The van der Waals surface area contributed by atoms with Crippen LogP contribution in [-0.4, -0.2) is 31.8 Å². The van der Waals surface area contributed by atoms with E-state index in [0.29, 0.717) is 18.6 Å². The molecule has 1 atom stereocenters. The smallest absolute Gasteiger partial charge is 0.123 e. The van der Waals surface area contributed by atoms with Crippen molar-refractivity contribution < 1.29 is 9.13 Å². The molecule has 1 aromatic rings. The van der Waals surface area contributed by atoms with Gasteiger partial charge in [0.2, 0.25) is 0 Å². The molecule has 1 saturated heterocycles. The zero-order valence-corrected chi connectivity index (χ0v) is 11.9.